The molecule has 1 aliphatic rings. The number of hydrogen-bond donors (Lipinski definition) is 3. The highest BCUT2D eigenvalue weighted by atomic mass is 32.1. The third-order valence-corrected chi connectivity index (χ3v) is 4.70. The van der Waals surface area contributed by atoms with E-state index in [4.69, 9.17) is 5.73 Å². The zero-order valence-electron chi connectivity index (χ0n) is 13.3. The molecule has 118 valence electrons. The monoisotopic (exact) mass is 310 g/mol. The topological polar surface area (TPSA) is 80.0 Å². The summed E-state index contributed by atoms with van der Waals surface area (Å²) >= 11 is 1.28. The smallest absolute Gasteiger partial charge is 0.258 e. The van der Waals surface area contributed by atoms with Crippen molar-refractivity contribution in [3.63, 3.8) is 0 Å². The number of anilines is 2. The van der Waals surface area contributed by atoms with E-state index in [0.29, 0.717) is 22.8 Å². The third kappa shape index (κ3) is 4.09. The number of nitrogens with zero attached hydrogens (tertiary/aromatic N) is 1. The van der Waals surface area contributed by atoms with Gasteiger partial charge in [0.15, 0.2) is 5.82 Å². The van der Waals surface area contributed by atoms with Crippen molar-refractivity contribution in [2.24, 2.45) is 5.41 Å². The third-order valence-electron chi connectivity index (χ3n) is 3.91. The Hall–Kier alpha value is -1.30. The van der Waals surface area contributed by atoms with E-state index in [-0.39, 0.29) is 11.9 Å². The second-order valence-corrected chi connectivity index (χ2v) is 7.78. The van der Waals surface area contributed by atoms with E-state index < -0.39 is 0 Å². The molecule has 0 bridgehead atoms. The van der Waals surface area contributed by atoms with Crippen LogP contribution in [0.25, 0.3) is 0 Å². The average molecular weight is 310 g/mol. The predicted octanol–water partition coefficient (Wildman–Crippen LogP) is 3.24. The molecule has 4 N–H and O–H groups in total. The number of amides is 1. The van der Waals surface area contributed by atoms with Gasteiger partial charge >= 0.3 is 0 Å². The minimum atomic E-state index is -0.145. The number of nitrogens with one attached hydrogen (secondary N) is 2. The molecule has 21 heavy (non-hydrogen) atoms. The molecular formula is C15H26N4OS. The first kappa shape index (κ1) is 16.1. The van der Waals surface area contributed by atoms with Crippen LogP contribution >= 0.6 is 11.5 Å². The molecular weight excluding hydrogens is 284 g/mol. The fourth-order valence-electron chi connectivity index (χ4n) is 2.96. The zero-order chi connectivity index (χ0) is 15.6. The van der Waals surface area contributed by atoms with E-state index in [2.05, 4.69) is 28.9 Å². The van der Waals surface area contributed by atoms with Gasteiger partial charge in [-0.3, -0.25) is 4.79 Å². The lowest BCUT2D eigenvalue weighted by Crippen LogP contribution is -2.33. The summed E-state index contributed by atoms with van der Waals surface area (Å²) < 4.78 is 4.14. The summed E-state index contributed by atoms with van der Waals surface area (Å²) in [5.74, 6) is 0.171. The Morgan fingerprint density at radius 3 is 2.81 bits per heavy atom. The SMILES string of the molecule is CC(C)NC(=O)c1c(N)nsc1NC1CCCC(C)(C)C1. The van der Waals surface area contributed by atoms with Gasteiger partial charge in [0.2, 0.25) is 0 Å². The summed E-state index contributed by atoms with van der Waals surface area (Å²) in [5.41, 5.74) is 6.73. The van der Waals surface area contributed by atoms with Crippen molar-refractivity contribution < 1.29 is 4.79 Å². The van der Waals surface area contributed by atoms with Crippen LogP contribution in [-0.4, -0.2) is 22.4 Å². The van der Waals surface area contributed by atoms with Crippen LogP contribution in [0, 0.1) is 5.41 Å². The molecule has 5 nitrogen and oxygen atoms in total. The first-order chi connectivity index (χ1) is 9.78. The highest BCUT2D eigenvalue weighted by Gasteiger charge is 2.29. The lowest BCUT2D eigenvalue weighted by Gasteiger charge is -2.35. The molecule has 2 rings (SSSR count). The van der Waals surface area contributed by atoms with Gasteiger partial charge in [-0.05, 0) is 50.1 Å². The van der Waals surface area contributed by atoms with Crippen LogP contribution in [0.1, 0.15) is 63.7 Å². The Morgan fingerprint density at radius 2 is 2.19 bits per heavy atom. The molecule has 1 heterocycles. The maximum Gasteiger partial charge on any atom is 0.258 e. The van der Waals surface area contributed by atoms with Crippen LogP contribution in [0.3, 0.4) is 0 Å². The van der Waals surface area contributed by atoms with Gasteiger partial charge in [-0.25, -0.2) is 0 Å². The van der Waals surface area contributed by atoms with E-state index in [9.17, 15) is 4.79 Å². The van der Waals surface area contributed by atoms with Gasteiger partial charge in [-0.2, -0.15) is 4.37 Å². The van der Waals surface area contributed by atoms with Crippen molar-refractivity contribution in [1.29, 1.82) is 0 Å². The number of carbonyl (C=O) groups excluding carboxylic acids is 1. The van der Waals surface area contributed by atoms with E-state index in [0.717, 1.165) is 17.8 Å². The molecule has 1 saturated carbocycles. The second kappa shape index (κ2) is 6.22. The van der Waals surface area contributed by atoms with E-state index in [1.54, 1.807) is 0 Å². The maximum atomic E-state index is 12.3. The van der Waals surface area contributed by atoms with Crippen molar-refractivity contribution >= 4 is 28.3 Å². The molecule has 1 aliphatic carbocycles. The Labute approximate surface area is 130 Å². The van der Waals surface area contributed by atoms with Crippen LogP contribution in [-0.2, 0) is 0 Å². The predicted molar refractivity (Wildman–Crippen MR) is 88.8 cm³/mol. The molecule has 0 aromatic carbocycles. The number of carbonyl (C=O) groups is 1. The summed E-state index contributed by atoms with van der Waals surface area (Å²) in [6.45, 7) is 8.47. The van der Waals surface area contributed by atoms with Gasteiger partial charge in [0.1, 0.15) is 10.6 Å². The number of nitrogen functional groups attached to an aromatic ring is 1. The fourth-order valence-corrected chi connectivity index (χ4v) is 3.75. The molecule has 1 amide bonds. The number of rotatable bonds is 4. The number of nitrogens with two attached hydrogens (primary N) is 1. The summed E-state index contributed by atoms with van der Waals surface area (Å²) in [7, 11) is 0. The largest absolute Gasteiger partial charge is 0.382 e. The van der Waals surface area contributed by atoms with Crippen LogP contribution < -0.4 is 16.4 Å². The molecule has 0 saturated heterocycles. The minimum Gasteiger partial charge on any atom is -0.382 e. The Morgan fingerprint density at radius 1 is 1.48 bits per heavy atom. The first-order valence-electron chi connectivity index (χ1n) is 7.61. The Kier molecular flexibility index (Phi) is 4.76. The Balaban J connectivity index is 2.12. The summed E-state index contributed by atoms with van der Waals surface area (Å²) in [6, 6.07) is 0.470. The van der Waals surface area contributed by atoms with E-state index in [1.165, 1.54) is 24.4 Å². The molecule has 0 radical (unpaired) electrons. The van der Waals surface area contributed by atoms with Crippen LogP contribution in [0.15, 0.2) is 0 Å². The lowest BCUT2D eigenvalue weighted by molar-refractivity contribution is 0.0945. The van der Waals surface area contributed by atoms with Gasteiger partial charge in [-0.15, -0.1) is 0 Å². The van der Waals surface area contributed by atoms with Gasteiger partial charge in [0.25, 0.3) is 5.91 Å². The summed E-state index contributed by atoms with van der Waals surface area (Å²) in [4.78, 5) is 12.3. The van der Waals surface area contributed by atoms with Crippen molar-refractivity contribution in [3.8, 4) is 0 Å². The molecule has 1 fully saturated rings. The molecule has 1 unspecified atom stereocenters. The molecule has 1 aromatic heterocycles. The van der Waals surface area contributed by atoms with Crippen molar-refractivity contribution in [2.75, 3.05) is 11.1 Å². The molecule has 0 aliphatic heterocycles. The van der Waals surface area contributed by atoms with E-state index >= 15 is 0 Å². The van der Waals surface area contributed by atoms with Gasteiger partial charge in [-0.1, -0.05) is 20.3 Å². The quantitative estimate of drug-likeness (QED) is 0.797. The molecule has 6 heteroatoms. The highest BCUT2D eigenvalue weighted by Crippen LogP contribution is 2.38. The lowest BCUT2D eigenvalue weighted by atomic mass is 9.75. The van der Waals surface area contributed by atoms with Crippen LogP contribution in [0.2, 0.25) is 0 Å². The number of aromatic nitrogens is 1. The normalized spacial score (nSPS) is 21.3. The summed E-state index contributed by atoms with van der Waals surface area (Å²) in [5, 5.41) is 7.18. The van der Waals surface area contributed by atoms with Gasteiger partial charge in [0, 0.05) is 12.1 Å². The van der Waals surface area contributed by atoms with Crippen molar-refractivity contribution in [2.45, 2.75) is 65.5 Å². The minimum absolute atomic E-state index is 0.0817. The maximum absolute atomic E-state index is 12.3. The van der Waals surface area contributed by atoms with Crippen LogP contribution in [0.5, 0.6) is 0 Å². The average Bonchev–Trinajstić information content (AvgIpc) is 2.68. The van der Waals surface area contributed by atoms with Crippen molar-refractivity contribution in [1.82, 2.24) is 9.69 Å². The first-order valence-corrected chi connectivity index (χ1v) is 8.38. The second-order valence-electron chi connectivity index (χ2n) is 7.00. The highest BCUT2D eigenvalue weighted by molar-refractivity contribution is 7.11. The zero-order valence-corrected chi connectivity index (χ0v) is 14.1. The number of hydrogen-bond acceptors (Lipinski definition) is 5. The van der Waals surface area contributed by atoms with Gasteiger partial charge in [0.05, 0.1) is 0 Å². The van der Waals surface area contributed by atoms with Crippen molar-refractivity contribution in [3.05, 3.63) is 5.56 Å². The Bertz CT molecular complexity index is 510. The fraction of sp³-hybridized carbons (Fsp3) is 0.733. The molecule has 1 atom stereocenters. The molecule has 1 aromatic rings. The summed E-state index contributed by atoms with van der Waals surface area (Å²) in [6.07, 6.45) is 4.71. The van der Waals surface area contributed by atoms with E-state index in [1.807, 2.05) is 13.8 Å². The standard InChI is InChI=1S/C15H26N4OS/c1-9(2)17-13(20)11-12(16)19-21-14(11)18-10-6-5-7-15(3,4)8-10/h9-10,18H,5-8H2,1-4H3,(H2,16,19)(H,17,20). The van der Waals surface area contributed by atoms with Crippen LogP contribution in [0.4, 0.5) is 10.8 Å². The van der Waals surface area contributed by atoms with Gasteiger partial charge < -0.3 is 16.4 Å². The molecule has 0 spiro atoms.